The summed E-state index contributed by atoms with van der Waals surface area (Å²) in [5.41, 5.74) is 0. The molecular formula is C11H26N2O. The third-order valence-electron chi connectivity index (χ3n) is 2.26. The topological polar surface area (TPSA) is 24.5 Å². The highest BCUT2D eigenvalue weighted by Gasteiger charge is 2.08. The first kappa shape index (κ1) is 13.9. The Bertz CT molecular complexity index is 126. The van der Waals surface area contributed by atoms with Gasteiger partial charge in [-0.15, -0.1) is 0 Å². The van der Waals surface area contributed by atoms with Gasteiger partial charge in [-0.2, -0.15) is 0 Å². The molecule has 0 saturated heterocycles. The number of hydrogen-bond donors (Lipinski definition) is 1. The van der Waals surface area contributed by atoms with Crippen LogP contribution in [0.3, 0.4) is 0 Å². The lowest BCUT2D eigenvalue weighted by Crippen LogP contribution is -2.40. The molecule has 1 N–H and O–H groups in total. The summed E-state index contributed by atoms with van der Waals surface area (Å²) in [5.74, 6) is 0. The van der Waals surface area contributed by atoms with Crippen LogP contribution in [0.4, 0.5) is 0 Å². The van der Waals surface area contributed by atoms with Gasteiger partial charge in [0.25, 0.3) is 0 Å². The number of hydrogen-bond acceptors (Lipinski definition) is 3. The lowest BCUT2D eigenvalue weighted by Gasteiger charge is -2.26. The predicted molar refractivity (Wildman–Crippen MR) is 61.7 cm³/mol. The molecule has 86 valence electrons. The van der Waals surface area contributed by atoms with Gasteiger partial charge >= 0.3 is 0 Å². The van der Waals surface area contributed by atoms with E-state index in [1.807, 2.05) is 0 Å². The summed E-state index contributed by atoms with van der Waals surface area (Å²) in [6.07, 6.45) is 0. The smallest absolute Gasteiger partial charge is 0.0589 e. The second kappa shape index (κ2) is 8.21. The normalized spacial score (nSPS) is 12.0. The molecule has 0 fully saturated rings. The van der Waals surface area contributed by atoms with Crippen LogP contribution in [0.5, 0.6) is 0 Å². The Balaban J connectivity index is 3.62. The number of nitrogens with one attached hydrogen (secondary N) is 1. The van der Waals surface area contributed by atoms with E-state index in [9.17, 15) is 0 Å². The first-order valence-electron chi connectivity index (χ1n) is 5.54. The van der Waals surface area contributed by atoms with E-state index in [0.29, 0.717) is 12.1 Å². The van der Waals surface area contributed by atoms with Gasteiger partial charge in [0.05, 0.1) is 6.61 Å². The van der Waals surface area contributed by atoms with Crippen molar-refractivity contribution in [1.29, 1.82) is 0 Å². The Morgan fingerprint density at radius 1 is 1.14 bits per heavy atom. The Hall–Kier alpha value is -0.120. The highest BCUT2D eigenvalue weighted by atomic mass is 16.5. The van der Waals surface area contributed by atoms with Crippen LogP contribution in [0.15, 0.2) is 0 Å². The van der Waals surface area contributed by atoms with Crippen molar-refractivity contribution in [3.8, 4) is 0 Å². The van der Waals surface area contributed by atoms with Crippen molar-refractivity contribution >= 4 is 0 Å². The largest absolute Gasteiger partial charge is 0.383 e. The van der Waals surface area contributed by atoms with Crippen LogP contribution >= 0.6 is 0 Å². The van der Waals surface area contributed by atoms with Crippen LogP contribution < -0.4 is 5.32 Å². The van der Waals surface area contributed by atoms with Crippen molar-refractivity contribution in [2.24, 2.45) is 0 Å². The van der Waals surface area contributed by atoms with Crippen molar-refractivity contribution in [3.63, 3.8) is 0 Å². The van der Waals surface area contributed by atoms with Gasteiger partial charge in [-0.1, -0.05) is 13.8 Å². The average Bonchev–Trinajstić information content (AvgIpc) is 2.09. The molecular weight excluding hydrogens is 176 g/mol. The van der Waals surface area contributed by atoms with Crippen LogP contribution in [0.2, 0.25) is 0 Å². The van der Waals surface area contributed by atoms with Crippen molar-refractivity contribution < 1.29 is 4.74 Å². The molecule has 0 amide bonds. The van der Waals surface area contributed by atoms with E-state index in [-0.39, 0.29) is 0 Å². The van der Waals surface area contributed by atoms with Crippen molar-refractivity contribution in [1.82, 2.24) is 10.2 Å². The highest BCUT2D eigenvalue weighted by Crippen LogP contribution is 1.96. The molecule has 0 bridgehead atoms. The summed E-state index contributed by atoms with van der Waals surface area (Å²) in [6, 6.07) is 1.17. The Kier molecular flexibility index (Phi) is 8.14. The third-order valence-corrected chi connectivity index (χ3v) is 2.26. The average molecular weight is 202 g/mol. The van der Waals surface area contributed by atoms with Crippen molar-refractivity contribution in [2.45, 2.75) is 39.8 Å². The molecule has 0 aliphatic carbocycles. The van der Waals surface area contributed by atoms with Crippen LogP contribution in [-0.4, -0.2) is 50.3 Å². The minimum absolute atomic E-state index is 0.575. The fourth-order valence-corrected chi connectivity index (χ4v) is 1.33. The van der Waals surface area contributed by atoms with Crippen LogP contribution in [0.25, 0.3) is 0 Å². The van der Waals surface area contributed by atoms with Gasteiger partial charge in [-0.05, 0) is 13.8 Å². The Morgan fingerprint density at radius 3 is 2.21 bits per heavy atom. The van der Waals surface area contributed by atoms with Gasteiger partial charge in [0.15, 0.2) is 0 Å². The molecule has 0 atom stereocenters. The highest BCUT2D eigenvalue weighted by molar-refractivity contribution is 4.65. The summed E-state index contributed by atoms with van der Waals surface area (Å²) in [4.78, 5) is 2.43. The zero-order valence-electron chi connectivity index (χ0n) is 10.3. The molecule has 0 spiro atoms. The van der Waals surface area contributed by atoms with E-state index in [1.165, 1.54) is 0 Å². The van der Waals surface area contributed by atoms with Crippen molar-refractivity contribution in [2.75, 3.05) is 33.4 Å². The molecule has 0 rings (SSSR count). The van der Waals surface area contributed by atoms with Gasteiger partial charge in [0.1, 0.15) is 0 Å². The van der Waals surface area contributed by atoms with Gasteiger partial charge in [0, 0.05) is 38.8 Å². The maximum Gasteiger partial charge on any atom is 0.0589 e. The standard InChI is InChI=1S/C11H26N2O/c1-10(2)12-6-7-13(11(3)4)8-9-14-5/h10-12H,6-9H2,1-5H3. The number of ether oxygens (including phenoxy) is 1. The van der Waals surface area contributed by atoms with Gasteiger partial charge in [-0.25, -0.2) is 0 Å². The lowest BCUT2D eigenvalue weighted by molar-refractivity contribution is 0.129. The molecule has 14 heavy (non-hydrogen) atoms. The second-order valence-electron chi connectivity index (χ2n) is 4.23. The number of methoxy groups -OCH3 is 1. The Morgan fingerprint density at radius 2 is 1.79 bits per heavy atom. The van der Waals surface area contributed by atoms with Gasteiger partial charge < -0.3 is 10.1 Å². The lowest BCUT2D eigenvalue weighted by atomic mass is 10.3. The van der Waals surface area contributed by atoms with E-state index in [1.54, 1.807) is 7.11 Å². The predicted octanol–water partition coefficient (Wildman–Crippen LogP) is 1.34. The molecule has 0 aromatic heterocycles. The maximum atomic E-state index is 5.09. The van der Waals surface area contributed by atoms with Gasteiger partial charge in [-0.3, -0.25) is 4.90 Å². The molecule has 0 saturated carbocycles. The summed E-state index contributed by atoms with van der Waals surface area (Å²) in [6.45, 7) is 12.8. The molecule has 0 aliphatic rings. The summed E-state index contributed by atoms with van der Waals surface area (Å²) < 4.78 is 5.09. The minimum atomic E-state index is 0.575. The molecule has 0 unspecified atom stereocenters. The number of nitrogens with zero attached hydrogens (tertiary/aromatic N) is 1. The van der Waals surface area contributed by atoms with E-state index in [4.69, 9.17) is 4.74 Å². The summed E-state index contributed by atoms with van der Waals surface area (Å²) >= 11 is 0. The molecule has 0 heterocycles. The van der Waals surface area contributed by atoms with Crippen LogP contribution in [0, 0.1) is 0 Å². The minimum Gasteiger partial charge on any atom is -0.383 e. The fourth-order valence-electron chi connectivity index (χ4n) is 1.33. The third kappa shape index (κ3) is 7.30. The van der Waals surface area contributed by atoms with E-state index in [0.717, 1.165) is 26.2 Å². The second-order valence-corrected chi connectivity index (χ2v) is 4.23. The monoisotopic (exact) mass is 202 g/mol. The summed E-state index contributed by atoms with van der Waals surface area (Å²) in [5, 5.41) is 3.42. The SMILES string of the molecule is COCCN(CCNC(C)C)C(C)C. The van der Waals surface area contributed by atoms with Gasteiger partial charge in [0.2, 0.25) is 0 Å². The van der Waals surface area contributed by atoms with E-state index >= 15 is 0 Å². The zero-order chi connectivity index (χ0) is 11.0. The molecule has 0 aromatic carbocycles. The summed E-state index contributed by atoms with van der Waals surface area (Å²) in [7, 11) is 1.75. The fraction of sp³-hybridized carbons (Fsp3) is 1.00. The zero-order valence-corrected chi connectivity index (χ0v) is 10.3. The van der Waals surface area contributed by atoms with E-state index in [2.05, 4.69) is 37.9 Å². The number of rotatable bonds is 8. The molecule has 0 radical (unpaired) electrons. The van der Waals surface area contributed by atoms with Crippen molar-refractivity contribution in [3.05, 3.63) is 0 Å². The molecule has 3 nitrogen and oxygen atoms in total. The molecule has 3 heteroatoms. The van der Waals surface area contributed by atoms with E-state index < -0.39 is 0 Å². The molecule has 0 aromatic rings. The van der Waals surface area contributed by atoms with Crippen LogP contribution in [-0.2, 0) is 4.74 Å². The quantitative estimate of drug-likeness (QED) is 0.643. The maximum absolute atomic E-state index is 5.09. The molecule has 0 aliphatic heterocycles. The Labute approximate surface area is 88.8 Å². The first-order chi connectivity index (χ1) is 6.57. The first-order valence-corrected chi connectivity index (χ1v) is 5.54. The van der Waals surface area contributed by atoms with Crippen LogP contribution in [0.1, 0.15) is 27.7 Å².